The van der Waals surface area contributed by atoms with Crippen molar-refractivity contribution in [3.8, 4) is 22.3 Å². The van der Waals surface area contributed by atoms with Crippen LogP contribution in [0.1, 0.15) is 39.5 Å². The fraction of sp³-hybridized carbons (Fsp3) is 0.0732. The highest BCUT2D eigenvalue weighted by molar-refractivity contribution is 5.96. The van der Waals surface area contributed by atoms with Crippen LogP contribution in [0.25, 0.3) is 68.6 Å². The second-order valence-electron chi connectivity index (χ2n) is 12.1. The van der Waals surface area contributed by atoms with Gasteiger partial charge < -0.3 is 15.3 Å². The van der Waals surface area contributed by atoms with Crippen LogP contribution < -0.4 is 5.32 Å². The molecule has 3 aromatic heterocycles. The summed E-state index contributed by atoms with van der Waals surface area (Å²) in [6.45, 7) is 6.32. The predicted molar refractivity (Wildman–Crippen MR) is 194 cm³/mol. The van der Waals surface area contributed by atoms with E-state index in [1.807, 2.05) is 0 Å². The largest absolute Gasteiger partial charge is 0.355 e. The molecule has 3 aromatic carbocycles. The maximum absolute atomic E-state index is 5.27. The van der Waals surface area contributed by atoms with E-state index < -0.39 is 0 Å². The molecule has 0 atom stereocenters. The van der Waals surface area contributed by atoms with E-state index in [1.165, 1.54) is 16.7 Å². The lowest BCUT2D eigenvalue weighted by Gasteiger charge is -2.09. The van der Waals surface area contributed by atoms with Crippen molar-refractivity contribution in [3.05, 3.63) is 143 Å². The van der Waals surface area contributed by atoms with E-state index in [-0.39, 0.29) is 0 Å². The van der Waals surface area contributed by atoms with E-state index >= 15 is 0 Å². The summed E-state index contributed by atoms with van der Waals surface area (Å²) < 4.78 is 0. The van der Waals surface area contributed by atoms with E-state index in [9.17, 15) is 0 Å². The lowest BCUT2D eigenvalue weighted by atomic mass is 10.0. The van der Waals surface area contributed by atoms with Crippen LogP contribution in [0, 0.1) is 20.8 Å². The SMILES string of the molecule is Cc1ccc(Nc2c3nc(c(-c4ccc(C)cc4)c4ccc(cc5nc(c(-c6ccc(C)cc6)c6ccc2[nH]6)C=C5)[nH]4)C=C3)cc1. The van der Waals surface area contributed by atoms with Crippen molar-refractivity contribution in [2.75, 3.05) is 5.32 Å². The third kappa shape index (κ3) is 5.22. The van der Waals surface area contributed by atoms with Crippen molar-refractivity contribution in [1.82, 2.24) is 19.9 Å². The van der Waals surface area contributed by atoms with Crippen LogP contribution >= 0.6 is 0 Å². The summed E-state index contributed by atoms with van der Waals surface area (Å²) in [4.78, 5) is 17.8. The molecule has 2 aliphatic heterocycles. The Morgan fingerprint density at radius 3 is 1.67 bits per heavy atom. The molecule has 6 aromatic rings. The first kappa shape index (κ1) is 27.6. The minimum absolute atomic E-state index is 0.852. The number of hydrogen-bond donors (Lipinski definition) is 3. The third-order valence-corrected chi connectivity index (χ3v) is 8.58. The quantitative estimate of drug-likeness (QED) is 0.190. The average Bonchev–Trinajstić information content (AvgIpc) is 3.89. The number of aromatic amines is 2. The van der Waals surface area contributed by atoms with Gasteiger partial charge in [-0.3, -0.25) is 0 Å². The maximum atomic E-state index is 5.27. The lowest BCUT2D eigenvalue weighted by molar-refractivity contribution is 1.30. The van der Waals surface area contributed by atoms with Gasteiger partial charge in [0, 0.05) is 33.4 Å². The van der Waals surface area contributed by atoms with E-state index in [1.54, 1.807) is 0 Å². The second-order valence-corrected chi connectivity index (χ2v) is 12.1. The summed E-state index contributed by atoms with van der Waals surface area (Å²) in [6.07, 6.45) is 8.40. The van der Waals surface area contributed by atoms with Gasteiger partial charge in [-0.05, 0) is 98.7 Å². The molecule has 5 heterocycles. The Labute approximate surface area is 268 Å². The first-order valence-corrected chi connectivity index (χ1v) is 15.6. The Hall–Kier alpha value is -5.94. The zero-order chi connectivity index (χ0) is 31.2. The number of anilines is 2. The molecule has 46 heavy (non-hydrogen) atoms. The average molecular weight is 596 g/mol. The Bertz CT molecular complexity index is 2290. The minimum atomic E-state index is 0.852. The number of benzene rings is 3. The minimum Gasteiger partial charge on any atom is -0.355 e. The molecule has 8 bridgehead atoms. The van der Waals surface area contributed by atoms with Crippen molar-refractivity contribution >= 4 is 57.7 Å². The van der Waals surface area contributed by atoms with E-state index in [4.69, 9.17) is 9.97 Å². The topological polar surface area (TPSA) is 69.4 Å². The molecule has 0 aliphatic carbocycles. The van der Waals surface area contributed by atoms with Crippen LogP contribution in [0.5, 0.6) is 0 Å². The fourth-order valence-corrected chi connectivity index (χ4v) is 6.10. The number of rotatable bonds is 4. The van der Waals surface area contributed by atoms with Gasteiger partial charge in [0.25, 0.3) is 0 Å². The highest BCUT2D eigenvalue weighted by atomic mass is 14.9. The van der Waals surface area contributed by atoms with Gasteiger partial charge in [0.2, 0.25) is 0 Å². The summed E-state index contributed by atoms with van der Waals surface area (Å²) >= 11 is 0. The van der Waals surface area contributed by atoms with Gasteiger partial charge in [0.15, 0.2) is 0 Å². The molecule has 3 N–H and O–H groups in total. The summed E-state index contributed by atoms with van der Waals surface area (Å²) in [6, 6.07) is 36.3. The summed E-state index contributed by atoms with van der Waals surface area (Å²) in [5, 5.41) is 3.70. The van der Waals surface area contributed by atoms with Crippen LogP contribution in [0.3, 0.4) is 0 Å². The van der Waals surface area contributed by atoms with E-state index in [0.29, 0.717) is 0 Å². The van der Waals surface area contributed by atoms with Crippen LogP contribution in [-0.4, -0.2) is 19.9 Å². The molecule has 5 heteroatoms. The summed E-state index contributed by atoms with van der Waals surface area (Å²) in [5.74, 6) is 0. The molecule has 0 unspecified atom stereocenters. The monoisotopic (exact) mass is 595 g/mol. The number of aromatic nitrogens is 4. The highest BCUT2D eigenvalue weighted by Gasteiger charge is 2.16. The third-order valence-electron chi connectivity index (χ3n) is 8.58. The Morgan fingerprint density at radius 1 is 0.478 bits per heavy atom. The van der Waals surface area contributed by atoms with Gasteiger partial charge in [-0.25, -0.2) is 9.97 Å². The number of fused-ring (bicyclic) bond motifs is 8. The van der Waals surface area contributed by atoms with E-state index in [0.717, 1.165) is 78.5 Å². The van der Waals surface area contributed by atoms with Crippen molar-refractivity contribution in [1.29, 1.82) is 0 Å². The molecule has 0 saturated heterocycles. The van der Waals surface area contributed by atoms with Crippen molar-refractivity contribution in [2.45, 2.75) is 20.8 Å². The first-order valence-electron chi connectivity index (χ1n) is 15.6. The number of H-pyrrole nitrogens is 2. The van der Waals surface area contributed by atoms with Crippen LogP contribution in [0.2, 0.25) is 0 Å². The molecule has 2 aliphatic rings. The zero-order valence-electron chi connectivity index (χ0n) is 26.0. The second kappa shape index (κ2) is 11.2. The number of hydrogen-bond acceptors (Lipinski definition) is 3. The predicted octanol–water partition coefficient (Wildman–Crippen LogP) is 10.7. The standard InChI is InChI=1S/C41H33N5/c1-25-4-10-28(11-5-25)39-33-18-16-31(42-33)24-32-17-19-34(43-32)40(29-12-6-26(2)7-13-29)36-21-23-38(46-36)41(37-22-20-35(39)45-37)44-30-14-8-27(3)9-15-30/h4-24,42,44,46H,1-3H3. The number of nitrogens with one attached hydrogen (secondary N) is 3. The molecule has 0 amide bonds. The van der Waals surface area contributed by atoms with Crippen molar-refractivity contribution in [3.63, 3.8) is 0 Å². The molecule has 0 spiro atoms. The first-order chi connectivity index (χ1) is 22.5. The van der Waals surface area contributed by atoms with Gasteiger partial charge in [-0.15, -0.1) is 0 Å². The Morgan fingerprint density at radius 2 is 1.00 bits per heavy atom. The number of nitrogens with zero attached hydrogens (tertiary/aromatic N) is 2. The molecule has 0 saturated carbocycles. The van der Waals surface area contributed by atoms with Crippen molar-refractivity contribution < 1.29 is 0 Å². The normalized spacial score (nSPS) is 12.1. The molecule has 8 rings (SSSR count). The molecular formula is C41H33N5. The zero-order valence-corrected chi connectivity index (χ0v) is 26.0. The lowest BCUT2D eigenvalue weighted by Crippen LogP contribution is -1.94. The van der Waals surface area contributed by atoms with Crippen LogP contribution in [-0.2, 0) is 0 Å². The highest BCUT2D eigenvalue weighted by Crippen LogP contribution is 2.35. The van der Waals surface area contributed by atoms with Gasteiger partial charge in [-0.2, -0.15) is 0 Å². The Kier molecular flexibility index (Phi) is 6.72. The molecule has 0 radical (unpaired) electrons. The summed E-state index contributed by atoms with van der Waals surface area (Å²) in [5.41, 5.74) is 17.3. The van der Waals surface area contributed by atoms with Crippen LogP contribution in [0.15, 0.2) is 103 Å². The summed E-state index contributed by atoms with van der Waals surface area (Å²) in [7, 11) is 0. The maximum Gasteiger partial charge on any atom is 0.0894 e. The number of aryl methyl sites for hydroxylation is 3. The van der Waals surface area contributed by atoms with Crippen LogP contribution in [0.4, 0.5) is 11.4 Å². The van der Waals surface area contributed by atoms with Gasteiger partial charge >= 0.3 is 0 Å². The smallest absolute Gasteiger partial charge is 0.0894 e. The molecule has 5 nitrogen and oxygen atoms in total. The van der Waals surface area contributed by atoms with Gasteiger partial charge in [-0.1, -0.05) is 77.4 Å². The van der Waals surface area contributed by atoms with Gasteiger partial charge in [0.1, 0.15) is 0 Å². The molecule has 222 valence electrons. The van der Waals surface area contributed by atoms with E-state index in [2.05, 4.69) is 163 Å². The fourth-order valence-electron chi connectivity index (χ4n) is 6.10. The molecule has 0 fully saturated rings. The van der Waals surface area contributed by atoms with Gasteiger partial charge in [0.05, 0.1) is 34.0 Å². The molecular weight excluding hydrogens is 562 g/mol. The van der Waals surface area contributed by atoms with Crippen molar-refractivity contribution in [2.24, 2.45) is 0 Å². The Balaban J connectivity index is 1.48.